The summed E-state index contributed by atoms with van der Waals surface area (Å²) in [6.07, 6.45) is 0. The first-order valence-electron chi connectivity index (χ1n) is 7.51. The van der Waals surface area contributed by atoms with E-state index in [-0.39, 0.29) is 24.4 Å². The van der Waals surface area contributed by atoms with Gasteiger partial charge in [-0.2, -0.15) is 0 Å². The Hall–Kier alpha value is -1.59. The van der Waals surface area contributed by atoms with E-state index in [4.69, 9.17) is 17.3 Å². The number of hydrogen-bond donors (Lipinski definition) is 2. The predicted molar refractivity (Wildman–Crippen MR) is 102 cm³/mol. The van der Waals surface area contributed by atoms with Gasteiger partial charge in [-0.25, -0.2) is 0 Å². The van der Waals surface area contributed by atoms with Gasteiger partial charge in [0.2, 0.25) is 0 Å². The molecule has 3 N–H and O–H groups in total. The van der Waals surface area contributed by atoms with Crippen LogP contribution in [0.25, 0.3) is 0 Å². The number of halogens is 2. The van der Waals surface area contributed by atoms with Gasteiger partial charge in [0.05, 0.1) is 6.04 Å². The van der Waals surface area contributed by atoms with E-state index in [1.807, 2.05) is 55.4 Å². The van der Waals surface area contributed by atoms with Crippen LogP contribution in [0.3, 0.4) is 0 Å². The van der Waals surface area contributed by atoms with Crippen molar-refractivity contribution in [1.82, 2.24) is 10.2 Å². The van der Waals surface area contributed by atoms with Crippen molar-refractivity contribution in [1.29, 1.82) is 0 Å². The molecule has 1 atom stereocenters. The Kier molecular flexibility index (Phi) is 8.22. The van der Waals surface area contributed by atoms with Crippen molar-refractivity contribution >= 4 is 29.9 Å². The van der Waals surface area contributed by atoms with Gasteiger partial charge in [0.25, 0.3) is 5.91 Å². The molecule has 0 saturated heterocycles. The lowest BCUT2D eigenvalue weighted by Gasteiger charge is -2.26. The first-order chi connectivity index (χ1) is 11.0. The first-order valence-corrected chi connectivity index (χ1v) is 7.88. The fraction of sp³-hybridized carbons (Fsp3) is 0.278. The molecule has 0 saturated carbocycles. The highest BCUT2D eigenvalue weighted by atomic mass is 35.5. The van der Waals surface area contributed by atoms with Crippen molar-refractivity contribution in [3.8, 4) is 0 Å². The summed E-state index contributed by atoms with van der Waals surface area (Å²) in [5.41, 5.74) is 8.19. The van der Waals surface area contributed by atoms with Gasteiger partial charge in [0, 0.05) is 23.7 Å². The molecule has 0 bridgehead atoms. The van der Waals surface area contributed by atoms with Crippen LogP contribution in [0.4, 0.5) is 0 Å². The molecular weight excluding hydrogens is 345 g/mol. The van der Waals surface area contributed by atoms with E-state index in [1.54, 1.807) is 12.1 Å². The molecule has 0 aromatic heterocycles. The number of nitrogens with zero attached hydrogens (tertiary/aromatic N) is 1. The van der Waals surface area contributed by atoms with Crippen LogP contribution in [-0.4, -0.2) is 31.4 Å². The summed E-state index contributed by atoms with van der Waals surface area (Å²) in [4.78, 5) is 14.3. The molecule has 4 nitrogen and oxygen atoms in total. The Morgan fingerprint density at radius 2 is 1.79 bits per heavy atom. The molecule has 0 spiro atoms. The summed E-state index contributed by atoms with van der Waals surface area (Å²) in [6, 6.07) is 15.0. The number of nitrogens with one attached hydrogen (secondary N) is 1. The van der Waals surface area contributed by atoms with E-state index >= 15 is 0 Å². The standard InChI is InChI=1S/C18H22ClN3O.ClH/c1-22(2)17(15-5-3-4-6-16(15)19)12-21-18(23)14-9-7-13(11-20)8-10-14;/h3-10,17H,11-12,20H2,1-2H3,(H,21,23);1H. The fourth-order valence-corrected chi connectivity index (χ4v) is 2.66. The SMILES string of the molecule is CN(C)C(CNC(=O)c1ccc(CN)cc1)c1ccccc1Cl.Cl. The van der Waals surface area contributed by atoms with Crippen LogP contribution >= 0.6 is 24.0 Å². The maximum Gasteiger partial charge on any atom is 0.251 e. The minimum atomic E-state index is -0.104. The zero-order chi connectivity index (χ0) is 16.8. The molecule has 6 heteroatoms. The van der Waals surface area contributed by atoms with Crippen LogP contribution in [0.2, 0.25) is 5.02 Å². The summed E-state index contributed by atoms with van der Waals surface area (Å²) < 4.78 is 0. The summed E-state index contributed by atoms with van der Waals surface area (Å²) in [7, 11) is 3.94. The lowest BCUT2D eigenvalue weighted by atomic mass is 10.1. The third kappa shape index (κ3) is 5.21. The third-order valence-corrected chi connectivity index (χ3v) is 4.14. The van der Waals surface area contributed by atoms with Crippen LogP contribution in [0, 0.1) is 0 Å². The van der Waals surface area contributed by atoms with Crippen molar-refractivity contribution in [2.24, 2.45) is 5.73 Å². The second-order valence-electron chi connectivity index (χ2n) is 5.61. The number of carbonyl (C=O) groups is 1. The predicted octanol–water partition coefficient (Wildman–Crippen LogP) is 3.25. The Balaban J connectivity index is 0.00000288. The van der Waals surface area contributed by atoms with E-state index in [0.29, 0.717) is 23.7 Å². The molecule has 24 heavy (non-hydrogen) atoms. The number of rotatable bonds is 6. The van der Waals surface area contributed by atoms with Crippen molar-refractivity contribution in [3.63, 3.8) is 0 Å². The van der Waals surface area contributed by atoms with Crippen molar-refractivity contribution < 1.29 is 4.79 Å². The Morgan fingerprint density at radius 1 is 1.17 bits per heavy atom. The van der Waals surface area contributed by atoms with E-state index in [2.05, 4.69) is 5.32 Å². The molecule has 0 heterocycles. The number of amides is 1. The first kappa shape index (κ1) is 20.5. The molecule has 0 fully saturated rings. The van der Waals surface area contributed by atoms with Crippen LogP contribution in [0.5, 0.6) is 0 Å². The summed E-state index contributed by atoms with van der Waals surface area (Å²) in [5.74, 6) is -0.104. The van der Waals surface area contributed by atoms with Crippen LogP contribution < -0.4 is 11.1 Å². The lowest BCUT2D eigenvalue weighted by Crippen LogP contribution is -2.34. The maximum atomic E-state index is 12.3. The van der Waals surface area contributed by atoms with E-state index < -0.39 is 0 Å². The molecule has 1 unspecified atom stereocenters. The molecule has 1 amide bonds. The summed E-state index contributed by atoms with van der Waals surface area (Å²) >= 11 is 6.28. The highest BCUT2D eigenvalue weighted by Crippen LogP contribution is 2.25. The average molecular weight is 368 g/mol. The third-order valence-electron chi connectivity index (χ3n) is 3.80. The number of nitrogens with two attached hydrogens (primary N) is 1. The molecule has 0 aliphatic rings. The van der Waals surface area contributed by atoms with Crippen LogP contribution in [0.15, 0.2) is 48.5 Å². The van der Waals surface area contributed by atoms with Gasteiger partial charge in [-0.1, -0.05) is 41.9 Å². The molecule has 0 aliphatic heterocycles. The molecule has 0 aliphatic carbocycles. The average Bonchev–Trinajstić information content (AvgIpc) is 2.56. The van der Waals surface area contributed by atoms with Crippen LogP contribution in [0.1, 0.15) is 27.5 Å². The molecule has 130 valence electrons. The Morgan fingerprint density at radius 3 is 2.33 bits per heavy atom. The normalized spacial score (nSPS) is 11.7. The molecular formula is C18H23Cl2N3O. The van der Waals surface area contributed by atoms with Gasteiger partial charge in [-0.3, -0.25) is 4.79 Å². The van der Waals surface area contributed by atoms with E-state index in [0.717, 1.165) is 11.1 Å². The molecule has 2 aromatic carbocycles. The Bertz CT molecular complexity index is 660. The van der Waals surface area contributed by atoms with Gasteiger partial charge >= 0.3 is 0 Å². The second kappa shape index (κ2) is 9.64. The molecule has 2 aromatic rings. The molecule has 0 radical (unpaired) electrons. The smallest absolute Gasteiger partial charge is 0.251 e. The number of hydrogen-bond acceptors (Lipinski definition) is 3. The van der Waals surface area contributed by atoms with Gasteiger partial charge in [0.1, 0.15) is 0 Å². The number of benzene rings is 2. The van der Waals surface area contributed by atoms with Gasteiger partial charge in [0.15, 0.2) is 0 Å². The van der Waals surface area contributed by atoms with E-state index in [1.165, 1.54) is 0 Å². The maximum absolute atomic E-state index is 12.3. The number of likely N-dealkylation sites (N-methyl/N-ethyl adjacent to an activating group) is 1. The largest absolute Gasteiger partial charge is 0.350 e. The van der Waals surface area contributed by atoms with Crippen molar-refractivity contribution in [2.75, 3.05) is 20.6 Å². The highest BCUT2D eigenvalue weighted by molar-refractivity contribution is 6.31. The summed E-state index contributed by atoms with van der Waals surface area (Å²) in [6.45, 7) is 0.950. The minimum absolute atomic E-state index is 0. The second-order valence-corrected chi connectivity index (χ2v) is 6.02. The zero-order valence-electron chi connectivity index (χ0n) is 13.8. The fourth-order valence-electron chi connectivity index (χ4n) is 2.40. The number of carbonyl (C=O) groups excluding carboxylic acids is 1. The van der Waals surface area contributed by atoms with Gasteiger partial charge < -0.3 is 16.0 Å². The quantitative estimate of drug-likeness (QED) is 0.823. The summed E-state index contributed by atoms with van der Waals surface area (Å²) in [5, 5.41) is 3.67. The minimum Gasteiger partial charge on any atom is -0.350 e. The van der Waals surface area contributed by atoms with Crippen molar-refractivity contribution in [3.05, 3.63) is 70.2 Å². The molecule has 2 rings (SSSR count). The van der Waals surface area contributed by atoms with Crippen molar-refractivity contribution in [2.45, 2.75) is 12.6 Å². The highest BCUT2D eigenvalue weighted by Gasteiger charge is 2.18. The monoisotopic (exact) mass is 367 g/mol. The zero-order valence-corrected chi connectivity index (χ0v) is 15.4. The van der Waals surface area contributed by atoms with Crippen LogP contribution in [-0.2, 0) is 6.54 Å². The Labute approximate surface area is 154 Å². The van der Waals surface area contributed by atoms with Gasteiger partial charge in [-0.05, 0) is 43.4 Å². The van der Waals surface area contributed by atoms with E-state index in [9.17, 15) is 4.79 Å². The van der Waals surface area contributed by atoms with Gasteiger partial charge in [-0.15, -0.1) is 12.4 Å². The topological polar surface area (TPSA) is 58.4 Å². The lowest BCUT2D eigenvalue weighted by molar-refractivity contribution is 0.0942.